The maximum Gasteiger partial charge on any atom is 0.295 e. The lowest BCUT2D eigenvalue weighted by atomic mass is 10.1. The molecule has 0 fully saturated rings. The number of ether oxygens (including phenoxy) is 1. The van der Waals surface area contributed by atoms with E-state index in [-0.39, 0.29) is 22.6 Å². The Morgan fingerprint density at radius 3 is 2.46 bits per heavy atom. The van der Waals surface area contributed by atoms with E-state index in [1.54, 1.807) is 24.7 Å². The quantitative estimate of drug-likeness (QED) is 0.754. The number of aromatic nitrogens is 2. The molecule has 3 rings (SSSR count). The highest BCUT2D eigenvalue weighted by atomic mass is 16.5. The lowest BCUT2D eigenvalue weighted by molar-refractivity contribution is 0.102. The Balaban J connectivity index is 1.99. The molecule has 0 radical (unpaired) electrons. The molecule has 1 heterocycles. The minimum absolute atomic E-state index is 0.0553. The number of benzene rings is 2. The molecule has 0 atom stereocenters. The van der Waals surface area contributed by atoms with Crippen molar-refractivity contribution in [2.45, 2.75) is 6.92 Å². The summed E-state index contributed by atoms with van der Waals surface area (Å²) >= 11 is 0. The fourth-order valence-corrected chi connectivity index (χ4v) is 2.72. The molecule has 0 unspecified atom stereocenters. The number of methoxy groups -OCH3 is 1. The van der Waals surface area contributed by atoms with Gasteiger partial charge in [-0.3, -0.25) is 14.3 Å². The maximum atomic E-state index is 12.8. The number of phenols is 1. The number of anilines is 1. The lowest BCUT2D eigenvalue weighted by Gasteiger charge is -2.07. The Hall–Kier alpha value is -3.48. The van der Waals surface area contributed by atoms with E-state index in [1.807, 2.05) is 30.3 Å². The van der Waals surface area contributed by atoms with E-state index in [1.165, 1.54) is 23.9 Å². The molecule has 1 amide bonds. The van der Waals surface area contributed by atoms with Crippen molar-refractivity contribution < 1.29 is 14.6 Å². The highest BCUT2D eigenvalue weighted by molar-refractivity contribution is 6.06. The Morgan fingerprint density at radius 1 is 1.15 bits per heavy atom. The summed E-state index contributed by atoms with van der Waals surface area (Å²) in [6.45, 7) is 1.74. The monoisotopic (exact) mass is 353 g/mol. The highest BCUT2D eigenvalue weighted by Gasteiger charge is 2.20. The number of rotatable bonds is 4. The summed E-state index contributed by atoms with van der Waals surface area (Å²) in [5, 5.41) is 12.6. The number of hydrogen-bond donors (Lipinski definition) is 2. The summed E-state index contributed by atoms with van der Waals surface area (Å²) in [7, 11) is 3.21. The van der Waals surface area contributed by atoms with Crippen LogP contribution in [0.3, 0.4) is 0 Å². The summed E-state index contributed by atoms with van der Waals surface area (Å²) in [4.78, 5) is 25.3. The van der Waals surface area contributed by atoms with Gasteiger partial charge in [-0.05, 0) is 31.2 Å². The minimum atomic E-state index is -0.573. The van der Waals surface area contributed by atoms with Gasteiger partial charge in [-0.2, -0.15) is 0 Å². The van der Waals surface area contributed by atoms with Crippen LogP contribution < -0.4 is 15.6 Å². The molecule has 0 aliphatic heterocycles. The molecular weight excluding hydrogens is 334 g/mol. The van der Waals surface area contributed by atoms with Crippen molar-refractivity contribution in [2.75, 3.05) is 12.4 Å². The molecule has 0 spiro atoms. The molecule has 7 heteroatoms. The number of nitrogens with one attached hydrogen (secondary N) is 1. The summed E-state index contributed by atoms with van der Waals surface area (Å²) in [6, 6.07) is 13.5. The van der Waals surface area contributed by atoms with Crippen LogP contribution in [0.2, 0.25) is 0 Å². The Morgan fingerprint density at radius 2 is 1.85 bits per heavy atom. The van der Waals surface area contributed by atoms with Crippen molar-refractivity contribution in [3.8, 4) is 17.2 Å². The van der Waals surface area contributed by atoms with Gasteiger partial charge in [0.1, 0.15) is 17.2 Å². The first-order valence-corrected chi connectivity index (χ1v) is 7.96. The second-order valence-corrected chi connectivity index (χ2v) is 5.77. The van der Waals surface area contributed by atoms with Crippen molar-refractivity contribution in [3.05, 3.63) is 70.1 Å². The third-order valence-electron chi connectivity index (χ3n) is 4.24. The maximum absolute atomic E-state index is 12.8. The van der Waals surface area contributed by atoms with E-state index >= 15 is 0 Å². The Kier molecular flexibility index (Phi) is 4.53. The Labute approximate surface area is 150 Å². The third kappa shape index (κ3) is 2.95. The minimum Gasteiger partial charge on any atom is -0.507 e. The zero-order valence-electron chi connectivity index (χ0n) is 14.7. The van der Waals surface area contributed by atoms with E-state index in [4.69, 9.17) is 4.74 Å². The fraction of sp³-hybridized carbons (Fsp3) is 0.158. The molecule has 3 aromatic rings. The number of carbonyl (C=O) groups is 1. The van der Waals surface area contributed by atoms with Gasteiger partial charge in [0.15, 0.2) is 0 Å². The number of hydrogen-bond acceptors (Lipinski definition) is 4. The number of nitrogens with zero attached hydrogens (tertiary/aromatic N) is 2. The molecule has 1 aromatic heterocycles. The average Bonchev–Trinajstić information content (AvgIpc) is 2.85. The van der Waals surface area contributed by atoms with Gasteiger partial charge in [0.2, 0.25) is 0 Å². The second kappa shape index (κ2) is 6.79. The molecule has 2 aromatic carbocycles. The topological polar surface area (TPSA) is 85.5 Å². The van der Waals surface area contributed by atoms with E-state index in [0.717, 1.165) is 0 Å². The Bertz CT molecular complexity index is 1020. The number of aromatic hydroxyl groups is 1. The zero-order chi connectivity index (χ0) is 18.8. The van der Waals surface area contributed by atoms with Gasteiger partial charge in [-0.1, -0.05) is 18.2 Å². The van der Waals surface area contributed by atoms with Gasteiger partial charge < -0.3 is 15.2 Å². The normalized spacial score (nSPS) is 10.6. The molecule has 26 heavy (non-hydrogen) atoms. The van der Waals surface area contributed by atoms with Gasteiger partial charge in [0.05, 0.1) is 24.1 Å². The fourth-order valence-electron chi connectivity index (χ4n) is 2.72. The molecule has 7 nitrogen and oxygen atoms in total. The van der Waals surface area contributed by atoms with Crippen LogP contribution in [0, 0.1) is 6.92 Å². The van der Waals surface area contributed by atoms with E-state index in [2.05, 4.69) is 5.32 Å². The van der Waals surface area contributed by atoms with Gasteiger partial charge in [0.25, 0.3) is 11.5 Å². The summed E-state index contributed by atoms with van der Waals surface area (Å²) < 4.78 is 8.14. The van der Waals surface area contributed by atoms with Crippen molar-refractivity contribution in [2.24, 2.45) is 7.05 Å². The first-order valence-electron chi connectivity index (χ1n) is 7.96. The van der Waals surface area contributed by atoms with Crippen LogP contribution >= 0.6 is 0 Å². The van der Waals surface area contributed by atoms with Crippen LogP contribution in [-0.2, 0) is 7.05 Å². The van der Waals surface area contributed by atoms with Gasteiger partial charge in [-0.15, -0.1) is 0 Å². The van der Waals surface area contributed by atoms with Crippen molar-refractivity contribution in [3.63, 3.8) is 0 Å². The predicted octanol–water partition coefficient (Wildman–Crippen LogP) is 2.45. The number of para-hydroxylation sites is 1. The average molecular weight is 353 g/mol. The first kappa shape index (κ1) is 17.3. The van der Waals surface area contributed by atoms with Crippen LogP contribution in [0.4, 0.5) is 5.69 Å². The van der Waals surface area contributed by atoms with E-state index in [0.29, 0.717) is 17.1 Å². The second-order valence-electron chi connectivity index (χ2n) is 5.77. The molecule has 0 aliphatic rings. The molecule has 0 aliphatic carbocycles. The molecule has 2 N–H and O–H groups in total. The summed E-state index contributed by atoms with van der Waals surface area (Å²) in [5.74, 6) is -0.364. The SMILES string of the molecule is COc1ccc(C(=O)Nc2c(C)n(C)n(-c3ccccc3)c2=O)c(O)c1. The van der Waals surface area contributed by atoms with E-state index < -0.39 is 5.91 Å². The zero-order valence-corrected chi connectivity index (χ0v) is 14.7. The molecular formula is C19H19N3O4. The molecule has 0 saturated heterocycles. The van der Waals surface area contributed by atoms with Gasteiger partial charge in [-0.25, -0.2) is 4.68 Å². The number of phenolic OH excluding ortho intramolecular Hbond substituents is 1. The van der Waals surface area contributed by atoms with Crippen molar-refractivity contribution in [1.29, 1.82) is 0 Å². The van der Waals surface area contributed by atoms with Crippen LogP contribution in [0.15, 0.2) is 53.3 Å². The standard InChI is InChI=1S/C19H19N3O4/c1-12-17(19(25)22(21(12)2)13-7-5-4-6-8-13)20-18(24)15-10-9-14(26-3)11-16(15)23/h4-11,23H,1-3H3,(H,20,24). The predicted molar refractivity (Wildman–Crippen MR) is 98.4 cm³/mol. The third-order valence-corrected chi connectivity index (χ3v) is 4.24. The van der Waals surface area contributed by atoms with Gasteiger partial charge >= 0.3 is 0 Å². The first-order chi connectivity index (χ1) is 12.4. The molecule has 134 valence electrons. The van der Waals surface area contributed by atoms with Crippen molar-refractivity contribution in [1.82, 2.24) is 9.36 Å². The van der Waals surface area contributed by atoms with E-state index in [9.17, 15) is 14.7 Å². The largest absolute Gasteiger partial charge is 0.507 e. The summed E-state index contributed by atoms with van der Waals surface area (Å²) in [5.41, 5.74) is 1.16. The lowest BCUT2D eigenvalue weighted by Crippen LogP contribution is -2.23. The van der Waals surface area contributed by atoms with Crippen LogP contribution in [0.1, 0.15) is 16.1 Å². The van der Waals surface area contributed by atoms with Gasteiger partial charge in [0, 0.05) is 13.1 Å². The van der Waals surface area contributed by atoms with Crippen LogP contribution in [0.25, 0.3) is 5.69 Å². The number of carbonyl (C=O) groups excluding carboxylic acids is 1. The van der Waals surface area contributed by atoms with Crippen LogP contribution in [0.5, 0.6) is 11.5 Å². The van der Waals surface area contributed by atoms with Crippen molar-refractivity contribution >= 4 is 11.6 Å². The highest BCUT2D eigenvalue weighted by Crippen LogP contribution is 2.24. The summed E-state index contributed by atoms with van der Waals surface area (Å²) in [6.07, 6.45) is 0. The molecule has 0 saturated carbocycles. The number of amides is 1. The smallest absolute Gasteiger partial charge is 0.295 e. The molecule has 0 bridgehead atoms. The van der Waals surface area contributed by atoms with Crippen LogP contribution in [-0.4, -0.2) is 27.5 Å².